The average molecular weight is 362 g/mol. The molecular weight excluding hydrogens is 336 g/mol. The smallest absolute Gasteiger partial charge is 0.240 e. The molecule has 0 aliphatic heterocycles. The topological polar surface area (TPSA) is 78.4 Å². The highest BCUT2D eigenvalue weighted by atomic mass is 32.2. The number of aliphatic hydroxyl groups excluding tert-OH is 1. The van der Waals surface area contributed by atoms with E-state index in [9.17, 15) is 13.5 Å². The summed E-state index contributed by atoms with van der Waals surface area (Å²) in [6.45, 7) is 4.79. The van der Waals surface area contributed by atoms with Crippen LogP contribution in [-0.2, 0) is 10.0 Å². The van der Waals surface area contributed by atoms with E-state index in [0.717, 1.165) is 11.1 Å². The largest absolute Gasteiger partial charge is 0.387 e. The minimum Gasteiger partial charge on any atom is -0.387 e. The van der Waals surface area contributed by atoms with Crippen LogP contribution in [0.4, 0.5) is 0 Å². The van der Waals surface area contributed by atoms with Crippen LogP contribution in [0.5, 0.6) is 0 Å². The fourth-order valence-corrected chi connectivity index (χ4v) is 3.55. The summed E-state index contributed by atoms with van der Waals surface area (Å²) in [7, 11) is -3.46. The maximum absolute atomic E-state index is 12.2. The van der Waals surface area contributed by atoms with Crippen molar-refractivity contribution in [1.29, 1.82) is 0 Å². The maximum atomic E-state index is 12.2. The van der Waals surface area contributed by atoms with E-state index in [1.165, 1.54) is 0 Å². The third-order valence-electron chi connectivity index (χ3n) is 4.06. The van der Waals surface area contributed by atoms with E-state index in [2.05, 4.69) is 10.0 Å². The molecule has 136 valence electrons. The van der Waals surface area contributed by atoms with Crippen LogP contribution >= 0.6 is 0 Å². The van der Waals surface area contributed by atoms with Gasteiger partial charge in [-0.15, -0.1) is 0 Å². The van der Waals surface area contributed by atoms with Crippen molar-refractivity contribution in [2.75, 3.05) is 13.1 Å². The fraction of sp³-hybridized carbons (Fsp3) is 0.368. The molecule has 0 bridgehead atoms. The van der Waals surface area contributed by atoms with Gasteiger partial charge in [0.05, 0.1) is 11.0 Å². The molecule has 2 aromatic rings. The highest BCUT2D eigenvalue weighted by Gasteiger charge is 2.16. The number of aryl methyl sites for hydroxylation is 1. The second-order valence-electron chi connectivity index (χ2n) is 6.16. The van der Waals surface area contributed by atoms with Crippen molar-refractivity contribution < 1.29 is 13.5 Å². The van der Waals surface area contributed by atoms with Crippen LogP contribution in [0.15, 0.2) is 59.5 Å². The predicted molar refractivity (Wildman–Crippen MR) is 99.9 cm³/mol. The molecule has 2 aromatic carbocycles. The lowest BCUT2D eigenvalue weighted by molar-refractivity contribution is 0.136. The van der Waals surface area contributed by atoms with Crippen LogP contribution in [0, 0.1) is 6.92 Å². The normalized spacial score (nSPS) is 14.2. The zero-order chi connectivity index (χ0) is 18.3. The van der Waals surface area contributed by atoms with Gasteiger partial charge in [-0.3, -0.25) is 0 Å². The van der Waals surface area contributed by atoms with Gasteiger partial charge in [0.2, 0.25) is 10.0 Å². The van der Waals surface area contributed by atoms with Crippen molar-refractivity contribution in [3.05, 3.63) is 65.7 Å². The van der Waals surface area contributed by atoms with Crippen molar-refractivity contribution in [2.24, 2.45) is 0 Å². The number of rotatable bonds is 9. The summed E-state index contributed by atoms with van der Waals surface area (Å²) in [6.07, 6.45) is 0.0437. The van der Waals surface area contributed by atoms with Crippen molar-refractivity contribution in [1.82, 2.24) is 10.0 Å². The maximum Gasteiger partial charge on any atom is 0.240 e. The molecule has 6 heteroatoms. The van der Waals surface area contributed by atoms with Gasteiger partial charge < -0.3 is 10.4 Å². The number of hydrogen-bond acceptors (Lipinski definition) is 4. The van der Waals surface area contributed by atoms with Crippen LogP contribution in [0.3, 0.4) is 0 Å². The Kier molecular flexibility index (Phi) is 7.13. The monoisotopic (exact) mass is 362 g/mol. The van der Waals surface area contributed by atoms with E-state index in [0.29, 0.717) is 19.5 Å². The zero-order valence-corrected chi connectivity index (χ0v) is 15.5. The molecule has 0 radical (unpaired) electrons. The van der Waals surface area contributed by atoms with Crippen LogP contribution < -0.4 is 10.0 Å². The minimum atomic E-state index is -3.46. The van der Waals surface area contributed by atoms with Crippen LogP contribution in [0.1, 0.15) is 30.6 Å². The van der Waals surface area contributed by atoms with E-state index in [4.69, 9.17) is 0 Å². The van der Waals surface area contributed by atoms with E-state index in [1.54, 1.807) is 24.3 Å². The molecule has 0 aromatic heterocycles. The van der Waals surface area contributed by atoms with Gasteiger partial charge in [-0.2, -0.15) is 0 Å². The lowest BCUT2D eigenvalue weighted by atomic mass is 10.0. The van der Waals surface area contributed by atoms with Crippen LogP contribution in [-0.4, -0.2) is 32.7 Å². The Morgan fingerprint density at radius 2 is 1.64 bits per heavy atom. The number of sulfonamides is 1. The molecule has 0 amide bonds. The van der Waals surface area contributed by atoms with Gasteiger partial charge in [-0.1, -0.05) is 48.0 Å². The molecular formula is C19H26N2O3S. The molecule has 0 aliphatic rings. The van der Waals surface area contributed by atoms with E-state index < -0.39 is 16.1 Å². The third-order valence-corrected chi connectivity index (χ3v) is 5.53. The number of nitrogens with one attached hydrogen (secondary N) is 2. The van der Waals surface area contributed by atoms with Crippen molar-refractivity contribution >= 4 is 10.0 Å². The molecule has 0 spiro atoms. The molecule has 0 heterocycles. The molecule has 2 atom stereocenters. The molecule has 0 aliphatic carbocycles. The summed E-state index contributed by atoms with van der Waals surface area (Å²) >= 11 is 0. The Labute approximate surface area is 150 Å². The first-order valence-electron chi connectivity index (χ1n) is 8.43. The Balaban J connectivity index is 1.73. The third kappa shape index (κ3) is 5.93. The molecule has 0 saturated carbocycles. The SMILES string of the molecule is Cc1ccc(S(=O)(=O)NCCCNC(C)C(O)c2ccccc2)cc1. The first-order chi connectivity index (χ1) is 11.9. The van der Waals surface area contributed by atoms with Gasteiger partial charge in [-0.05, 0) is 44.5 Å². The van der Waals surface area contributed by atoms with Crippen molar-refractivity contribution in [3.8, 4) is 0 Å². The summed E-state index contributed by atoms with van der Waals surface area (Å²) in [5.74, 6) is 0. The number of benzene rings is 2. The van der Waals surface area contributed by atoms with Crippen LogP contribution in [0.25, 0.3) is 0 Å². The van der Waals surface area contributed by atoms with E-state index >= 15 is 0 Å². The summed E-state index contributed by atoms with van der Waals surface area (Å²) in [5.41, 5.74) is 1.89. The van der Waals surface area contributed by atoms with Gasteiger partial charge in [0.1, 0.15) is 0 Å². The van der Waals surface area contributed by atoms with Gasteiger partial charge >= 0.3 is 0 Å². The first kappa shape index (κ1) is 19.6. The van der Waals surface area contributed by atoms with E-state index in [-0.39, 0.29) is 10.9 Å². The Morgan fingerprint density at radius 1 is 1.00 bits per heavy atom. The molecule has 2 rings (SSSR count). The summed E-state index contributed by atoms with van der Waals surface area (Å²) < 4.78 is 26.9. The average Bonchev–Trinajstić information content (AvgIpc) is 2.61. The first-order valence-corrected chi connectivity index (χ1v) is 9.91. The summed E-state index contributed by atoms with van der Waals surface area (Å²) in [5, 5.41) is 13.5. The Hall–Kier alpha value is -1.73. The second-order valence-corrected chi connectivity index (χ2v) is 7.93. The predicted octanol–water partition coefficient (Wildman–Crippen LogP) is 2.38. The molecule has 25 heavy (non-hydrogen) atoms. The highest BCUT2D eigenvalue weighted by molar-refractivity contribution is 7.89. The highest BCUT2D eigenvalue weighted by Crippen LogP contribution is 2.15. The lowest BCUT2D eigenvalue weighted by Gasteiger charge is -2.20. The lowest BCUT2D eigenvalue weighted by Crippen LogP contribution is -2.34. The van der Waals surface area contributed by atoms with Gasteiger partial charge in [0.25, 0.3) is 0 Å². The molecule has 0 fully saturated rings. The Bertz CT molecular complexity index is 746. The number of aliphatic hydroxyl groups is 1. The summed E-state index contributed by atoms with van der Waals surface area (Å²) in [4.78, 5) is 0.277. The minimum absolute atomic E-state index is 0.115. The van der Waals surface area contributed by atoms with Crippen molar-refractivity contribution in [3.63, 3.8) is 0 Å². The van der Waals surface area contributed by atoms with Gasteiger partial charge in [0, 0.05) is 12.6 Å². The molecule has 2 unspecified atom stereocenters. The summed E-state index contributed by atoms with van der Waals surface area (Å²) in [6, 6.07) is 16.1. The van der Waals surface area contributed by atoms with Crippen molar-refractivity contribution in [2.45, 2.75) is 37.3 Å². The zero-order valence-electron chi connectivity index (χ0n) is 14.6. The quantitative estimate of drug-likeness (QED) is 0.599. The van der Waals surface area contributed by atoms with Gasteiger partial charge in [-0.25, -0.2) is 13.1 Å². The molecule has 5 nitrogen and oxygen atoms in total. The van der Waals surface area contributed by atoms with E-state index in [1.807, 2.05) is 44.2 Å². The Morgan fingerprint density at radius 3 is 2.28 bits per heavy atom. The fourth-order valence-electron chi connectivity index (χ4n) is 2.48. The molecule has 3 N–H and O–H groups in total. The molecule has 0 saturated heterocycles. The standard InChI is InChI=1S/C19H26N2O3S/c1-15-9-11-18(12-10-15)25(23,24)21-14-6-13-20-16(2)19(22)17-7-4-3-5-8-17/h3-5,7-12,16,19-22H,6,13-14H2,1-2H3. The van der Waals surface area contributed by atoms with Gasteiger partial charge in [0.15, 0.2) is 0 Å². The second kappa shape index (κ2) is 9.10. The number of hydrogen-bond donors (Lipinski definition) is 3. The van der Waals surface area contributed by atoms with Crippen LogP contribution in [0.2, 0.25) is 0 Å².